The standard InChI is InChI=1S/C22H25ClN2O4/c1-29-22(28)21(17-7-3-4-8-18(17)23)25-14-12-24(13-15-25)20(27)11-10-16-6-2-5-9-19(16)26/h2-9,21,26H,10-15H2,1H3. The monoisotopic (exact) mass is 416 g/mol. The number of hydrogen-bond acceptors (Lipinski definition) is 5. The number of amides is 1. The Labute approximate surface area is 175 Å². The van der Waals surface area contributed by atoms with Gasteiger partial charge in [0.05, 0.1) is 7.11 Å². The van der Waals surface area contributed by atoms with E-state index in [0.29, 0.717) is 49.6 Å². The van der Waals surface area contributed by atoms with Crippen molar-refractivity contribution in [3.8, 4) is 5.75 Å². The molecule has 1 fully saturated rings. The first-order valence-corrected chi connectivity index (χ1v) is 10.00. The summed E-state index contributed by atoms with van der Waals surface area (Å²) in [6.45, 7) is 2.15. The van der Waals surface area contributed by atoms with E-state index in [4.69, 9.17) is 16.3 Å². The van der Waals surface area contributed by atoms with Crippen LogP contribution in [0.4, 0.5) is 0 Å². The van der Waals surface area contributed by atoms with Gasteiger partial charge < -0.3 is 14.7 Å². The van der Waals surface area contributed by atoms with Crippen molar-refractivity contribution in [2.45, 2.75) is 18.9 Å². The van der Waals surface area contributed by atoms with E-state index >= 15 is 0 Å². The summed E-state index contributed by atoms with van der Waals surface area (Å²) < 4.78 is 5.00. The molecule has 0 aromatic heterocycles. The van der Waals surface area contributed by atoms with Crippen molar-refractivity contribution in [2.75, 3.05) is 33.3 Å². The Hall–Kier alpha value is -2.57. The smallest absolute Gasteiger partial charge is 0.327 e. The van der Waals surface area contributed by atoms with E-state index in [-0.39, 0.29) is 17.6 Å². The van der Waals surface area contributed by atoms with Gasteiger partial charge in [-0.3, -0.25) is 9.69 Å². The second-order valence-electron chi connectivity index (χ2n) is 6.99. The van der Waals surface area contributed by atoms with Crippen molar-refractivity contribution in [1.29, 1.82) is 0 Å². The number of methoxy groups -OCH3 is 1. The highest BCUT2D eigenvalue weighted by Gasteiger charge is 2.33. The molecule has 0 aliphatic carbocycles. The van der Waals surface area contributed by atoms with Gasteiger partial charge >= 0.3 is 5.97 Å². The molecular weight excluding hydrogens is 392 g/mol. The van der Waals surface area contributed by atoms with Crippen LogP contribution in [0.3, 0.4) is 0 Å². The van der Waals surface area contributed by atoms with Crippen molar-refractivity contribution in [3.63, 3.8) is 0 Å². The molecule has 2 aromatic rings. The molecule has 1 atom stereocenters. The van der Waals surface area contributed by atoms with Crippen molar-refractivity contribution in [3.05, 3.63) is 64.7 Å². The lowest BCUT2D eigenvalue weighted by molar-refractivity contribution is -0.148. The van der Waals surface area contributed by atoms with Crippen LogP contribution in [0.1, 0.15) is 23.6 Å². The number of nitrogens with zero attached hydrogens (tertiary/aromatic N) is 2. The lowest BCUT2D eigenvalue weighted by Gasteiger charge is -2.38. The number of carbonyl (C=O) groups is 2. The van der Waals surface area contributed by atoms with Crippen LogP contribution in [0.2, 0.25) is 5.02 Å². The first-order chi connectivity index (χ1) is 14.0. The number of para-hydroxylation sites is 1. The number of hydrogen-bond donors (Lipinski definition) is 1. The number of carbonyl (C=O) groups excluding carboxylic acids is 2. The number of esters is 1. The maximum Gasteiger partial charge on any atom is 0.327 e. The lowest BCUT2D eigenvalue weighted by Crippen LogP contribution is -2.51. The van der Waals surface area contributed by atoms with Crippen LogP contribution in [0.25, 0.3) is 0 Å². The van der Waals surface area contributed by atoms with E-state index in [9.17, 15) is 14.7 Å². The summed E-state index contributed by atoms with van der Waals surface area (Å²) in [6, 6.07) is 13.7. The van der Waals surface area contributed by atoms with Crippen LogP contribution < -0.4 is 0 Å². The van der Waals surface area contributed by atoms with Crippen molar-refractivity contribution in [1.82, 2.24) is 9.80 Å². The van der Waals surface area contributed by atoms with E-state index in [0.717, 1.165) is 5.56 Å². The Morgan fingerprint density at radius 2 is 1.72 bits per heavy atom. The number of benzene rings is 2. The van der Waals surface area contributed by atoms with Crippen LogP contribution >= 0.6 is 11.6 Å². The summed E-state index contributed by atoms with van der Waals surface area (Å²) in [4.78, 5) is 28.8. The Morgan fingerprint density at radius 1 is 1.07 bits per heavy atom. The summed E-state index contributed by atoms with van der Waals surface area (Å²) in [5.41, 5.74) is 1.48. The maximum absolute atomic E-state index is 12.6. The van der Waals surface area contributed by atoms with Crippen molar-refractivity contribution in [2.24, 2.45) is 0 Å². The normalized spacial score (nSPS) is 15.7. The number of aromatic hydroxyl groups is 1. The molecule has 0 saturated carbocycles. The van der Waals surface area contributed by atoms with Crippen LogP contribution in [-0.4, -0.2) is 60.1 Å². The van der Waals surface area contributed by atoms with E-state index in [2.05, 4.69) is 0 Å². The molecule has 1 aliphatic heterocycles. The molecule has 6 nitrogen and oxygen atoms in total. The van der Waals surface area contributed by atoms with Gasteiger partial charge in [0, 0.05) is 37.6 Å². The fraction of sp³-hybridized carbons (Fsp3) is 0.364. The van der Waals surface area contributed by atoms with Gasteiger partial charge in [-0.2, -0.15) is 0 Å². The zero-order chi connectivity index (χ0) is 20.8. The van der Waals surface area contributed by atoms with Gasteiger partial charge in [-0.1, -0.05) is 48.0 Å². The molecular formula is C22H25ClN2O4. The fourth-order valence-corrected chi connectivity index (χ4v) is 3.87. The SMILES string of the molecule is COC(=O)C(c1ccccc1Cl)N1CCN(C(=O)CCc2ccccc2O)CC1. The maximum atomic E-state index is 12.6. The van der Waals surface area contributed by atoms with Gasteiger partial charge in [-0.25, -0.2) is 4.79 Å². The summed E-state index contributed by atoms with van der Waals surface area (Å²) in [5, 5.41) is 10.4. The Morgan fingerprint density at radius 3 is 2.38 bits per heavy atom. The minimum Gasteiger partial charge on any atom is -0.508 e. The average molecular weight is 417 g/mol. The van der Waals surface area contributed by atoms with Crippen LogP contribution in [0, 0.1) is 0 Å². The molecule has 1 aliphatic rings. The van der Waals surface area contributed by atoms with Gasteiger partial charge in [-0.15, -0.1) is 0 Å². The van der Waals surface area contributed by atoms with Gasteiger partial charge in [0.1, 0.15) is 11.8 Å². The highest BCUT2D eigenvalue weighted by molar-refractivity contribution is 6.31. The lowest BCUT2D eigenvalue weighted by atomic mass is 10.0. The van der Waals surface area contributed by atoms with Gasteiger partial charge in [-0.05, 0) is 29.7 Å². The van der Waals surface area contributed by atoms with Crippen molar-refractivity contribution >= 4 is 23.5 Å². The number of phenols is 1. The number of ether oxygens (including phenoxy) is 1. The van der Waals surface area contributed by atoms with E-state index in [1.807, 2.05) is 35.2 Å². The molecule has 154 valence electrons. The predicted molar refractivity (Wildman–Crippen MR) is 111 cm³/mol. The zero-order valence-corrected chi connectivity index (χ0v) is 17.1. The minimum absolute atomic E-state index is 0.0419. The van der Waals surface area contributed by atoms with Gasteiger partial charge in [0.2, 0.25) is 5.91 Å². The van der Waals surface area contributed by atoms with E-state index in [1.54, 1.807) is 23.1 Å². The largest absolute Gasteiger partial charge is 0.508 e. The predicted octanol–water partition coefficient (Wildman–Crippen LogP) is 3.04. The molecule has 7 heteroatoms. The summed E-state index contributed by atoms with van der Waals surface area (Å²) in [7, 11) is 1.37. The summed E-state index contributed by atoms with van der Waals surface area (Å²) >= 11 is 6.31. The quantitative estimate of drug-likeness (QED) is 0.733. The Bertz CT molecular complexity index is 865. The molecule has 1 unspecified atom stereocenters. The summed E-state index contributed by atoms with van der Waals surface area (Å²) in [6.07, 6.45) is 0.832. The second kappa shape index (κ2) is 9.76. The van der Waals surface area contributed by atoms with Crippen LogP contribution in [0.15, 0.2) is 48.5 Å². The molecule has 2 aromatic carbocycles. The second-order valence-corrected chi connectivity index (χ2v) is 7.40. The van der Waals surface area contributed by atoms with E-state index < -0.39 is 6.04 Å². The molecule has 1 amide bonds. The molecule has 0 bridgehead atoms. The third-order valence-corrected chi connectivity index (χ3v) is 5.60. The number of aryl methyl sites for hydroxylation is 1. The van der Waals surface area contributed by atoms with Gasteiger partial charge in [0.25, 0.3) is 0 Å². The Kier molecular flexibility index (Phi) is 7.12. The first kappa shape index (κ1) is 21.1. The van der Waals surface area contributed by atoms with Crippen LogP contribution in [-0.2, 0) is 20.7 Å². The van der Waals surface area contributed by atoms with Crippen molar-refractivity contribution < 1.29 is 19.4 Å². The van der Waals surface area contributed by atoms with Crippen LogP contribution in [0.5, 0.6) is 5.75 Å². The fourth-order valence-electron chi connectivity index (χ4n) is 3.63. The number of halogens is 1. The molecule has 29 heavy (non-hydrogen) atoms. The zero-order valence-electron chi connectivity index (χ0n) is 16.4. The average Bonchev–Trinajstić information content (AvgIpc) is 2.74. The summed E-state index contributed by atoms with van der Waals surface area (Å²) in [5.74, 6) is -0.108. The molecule has 1 heterocycles. The molecule has 1 N–H and O–H groups in total. The molecule has 3 rings (SSSR count). The number of rotatable bonds is 6. The highest BCUT2D eigenvalue weighted by Crippen LogP contribution is 2.29. The van der Waals surface area contributed by atoms with Gasteiger partial charge in [0.15, 0.2) is 0 Å². The molecule has 1 saturated heterocycles. The molecule has 0 spiro atoms. The number of piperazine rings is 1. The minimum atomic E-state index is -0.591. The first-order valence-electron chi connectivity index (χ1n) is 9.62. The molecule has 0 radical (unpaired) electrons. The third kappa shape index (κ3) is 5.08. The Balaban J connectivity index is 1.61. The third-order valence-electron chi connectivity index (χ3n) is 5.26. The highest BCUT2D eigenvalue weighted by atomic mass is 35.5. The topological polar surface area (TPSA) is 70.1 Å². The van der Waals surface area contributed by atoms with E-state index in [1.165, 1.54) is 7.11 Å². The number of phenolic OH excluding ortho intramolecular Hbond substituents is 1.